The third-order valence-corrected chi connectivity index (χ3v) is 2.98. The summed E-state index contributed by atoms with van der Waals surface area (Å²) in [6.07, 6.45) is 2.50. The van der Waals surface area contributed by atoms with Gasteiger partial charge in [0.2, 0.25) is 0 Å². The van der Waals surface area contributed by atoms with Gasteiger partial charge < -0.3 is 10.6 Å². The number of nitrogens with zero attached hydrogens (tertiary/aromatic N) is 2. The fourth-order valence-corrected chi connectivity index (χ4v) is 2.12. The van der Waals surface area contributed by atoms with E-state index in [0.717, 1.165) is 19.5 Å². The smallest absolute Gasteiger partial charge is 0.328 e. The summed E-state index contributed by atoms with van der Waals surface area (Å²) in [6, 6.07) is 0. The van der Waals surface area contributed by atoms with Crippen LogP contribution in [0.2, 0.25) is 0 Å². The maximum Gasteiger partial charge on any atom is 0.328 e. The van der Waals surface area contributed by atoms with Gasteiger partial charge in [-0.1, -0.05) is 0 Å². The highest BCUT2D eigenvalue weighted by Crippen LogP contribution is 2.15. The van der Waals surface area contributed by atoms with Gasteiger partial charge in [-0.3, -0.25) is 14.3 Å². The second kappa shape index (κ2) is 4.13. The third kappa shape index (κ3) is 2.16. The summed E-state index contributed by atoms with van der Waals surface area (Å²) in [6.45, 7) is 2.65. The van der Waals surface area contributed by atoms with Crippen LogP contribution in [0.3, 0.4) is 0 Å². The van der Waals surface area contributed by atoms with Crippen molar-refractivity contribution in [2.75, 3.05) is 25.9 Å². The topological polar surface area (TPSA) is 84.1 Å². The van der Waals surface area contributed by atoms with Crippen molar-refractivity contribution in [2.45, 2.75) is 13.0 Å². The lowest BCUT2D eigenvalue weighted by molar-refractivity contribution is 0.374. The van der Waals surface area contributed by atoms with Crippen LogP contribution in [0.4, 0.5) is 5.69 Å². The standard InChI is InChI=1S/C10H16N4O2/c1-13-3-2-7(4-13)5-14-6-8(11)9(15)12-10(14)16/h6-7H,2-5,11H2,1H3,(H,12,15,16). The Bertz CT molecular complexity index is 490. The highest BCUT2D eigenvalue weighted by atomic mass is 16.2. The Labute approximate surface area is 92.7 Å². The van der Waals surface area contributed by atoms with Gasteiger partial charge in [0.25, 0.3) is 5.56 Å². The molecule has 2 rings (SSSR count). The summed E-state index contributed by atoms with van der Waals surface area (Å²) in [5.74, 6) is 0.452. The molecule has 1 unspecified atom stereocenters. The molecule has 1 aliphatic heterocycles. The summed E-state index contributed by atoms with van der Waals surface area (Å²) < 4.78 is 1.49. The number of rotatable bonds is 2. The maximum absolute atomic E-state index is 11.5. The molecule has 1 saturated heterocycles. The van der Waals surface area contributed by atoms with Crippen molar-refractivity contribution < 1.29 is 0 Å². The second-order valence-electron chi connectivity index (χ2n) is 4.41. The maximum atomic E-state index is 11.5. The van der Waals surface area contributed by atoms with Gasteiger partial charge in [0, 0.05) is 19.3 Å². The minimum atomic E-state index is -0.509. The van der Waals surface area contributed by atoms with Crippen LogP contribution in [0, 0.1) is 5.92 Å². The molecule has 2 heterocycles. The Hall–Kier alpha value is -1.56. The van der Waals surface area contributed by atoms with E-state index in [0.29, 0.717) is 12.5 Å². The number of anilines is 1. The van der Waals surface area contributed by atoms with Crippen LogP contribution in [0.1, 0.15) is 6.42 Å². The van der Waals surface area contributed by atoms with Crippen LogP contribution in [-0.4, -0.2) is 34.6 Å². The number of nitrogens with one attached hydrogen (secondary N) is 1. The normalized spacial score (nSPS) is 21.4. The number of nitrogens with two attached hydrogens (primary N) is 1. The molecule has 6 heteroatoms. The monoisotopic (exact) mass is 224 g/mol. The van der Waals surface area contributed by atoms with Crippen molar-refractivity contribution in [2.24, 2.45) is 5.92 Å². The van der Waals surface area contributed by atoms with E-state index in [9.17, 15) is 9.59 Å². The number of hydrogen-bond acceptors (Lipinski definition) is 4. The third-order valence-electron chi connectivity index (χ3n) is 2.98. The van der Waals surface area contributed by atoms with Crippen molar-refractivity contribution in [3.05, 3.63) is 27.0 Å². The van der Waals surface area contributed by atoms with Gasteiger partial charge in [-0.2, -0.15) is 0 Å². The average Bonchev–Trinajstić information content (AvgIpc) is 2.60. The first-order valence-corrected chi connectivity index (χ1v) is 5.34. The SMILES string of the molecule is CN1CCC(Cn2cc(N)c(=O)[nH]c2=O)C1. The minimum Gasteiger partial charge on any atom is -0.393 e. The fourth-order valence-electron chi connectivity index (χ4n) is 2.12. The molecule has 0 aliphatic carbocycles. The number of aromatic nitrogens is 2. The van der Waals surface area contributed by atoms with Crippen LogP contribution >= 0.6 is 0 Å². The molecular weight excluding hydrogens is 208 g/mol. The Morgan fingerprint density at radius 1 is 1.56 bits per heavy atom. The molecule has 1 fully saturated rings. The van der Waals surface area contributed by atoms with E-state index in [1.165, 1.54) is 10.8 Å². The molecule has 1 aromatic heterocycles. The Morgan fingerprint density at radius 3 is 2.94 bits per heavy atom. The molecule has 0 aromatic carbocycles. The predicted octanol–water partition coefficient (Wildman–Crippen LogP) is -0.929. The molecule has 6 nitrogen and oxygen atoms in total. The lowest BCUT2D eigenvalue weighted by Gasteiger charge is -2.12. The zero-order chi connectivity index (χ0) is 11.7. The van der Waals surface area contributed by atoms with Crippen LogP contribution in [-0.2, 0) is 6.54 Å². The second-order valence-corrected chi connectivity index (χ2v) is 4.41. The van der Waals surface area contributed by atoms with Crippen LogP contribution < -0.4 is 17.0 Å². The predicted molar refractivity (Wildman–Crippen MR) is 61.3 cm³/mol. The molecule has 0 saturated carbocycles. The molecule has 0 amide bonds. The number of likely N-dealkylation sites (tertiary alicyclic amines) is 1. The molecule has 16 heavy (non-hydrogen) atoms. The van der Waals surface area contributed by atoms with Crippen molar-refractivity contribution in [1.82, 2.24) is 14.5 Å². The number of H-pyrrole nitrogens is 1. The van der Waals surface area contributed by atoms with Crippen molar-refractivity contribution in [1.29, 1.82) is 0 Å². The van der Waals surface area contributed by atoms with Crippen molar-refractivity contribution in [3.63, 3.8) is 0 Å². The average molecular weight is 224 g/mol. The number of hydrogen-bond donors (Lipinski definition) is 2. The van der Waals surface area contributed by atoms with Gasteiger partial charge in [-0.05, 0) is 25.9 Å². The Balaban J connectivity index is 2.19. The summed E-state index contributed by atoms with van der Waals surface area (Å²) in [5.41, 5.74) is 4.68. The van der Waals surface area contributed by atoms with E-state index >= 15 is 0 Å². The van der Waals surface area contributed by atoms with Crippen LogP contribution in [0.5, 0.6) is 0 Å². The first-order chi connectivity index (χ1) is 7.56. The fraction of sp³-hybridized carbons (Fsp3) is 0.600. The van der Waals surface area contributed by atoms with Gasteiger partial charge in [-0.15, -0.1) is 0 Å². The molecule has 0 bridgehead atoms. The van der Waals surface area contributed by atoms with Crippen LogP contribution in [0.25, 0.3) is 0 Å². The molecule has 1 aliphatic rings. The van der Waals surface area contributed by atoms with E-state index in [4.69, 9.17) is 5.73 Å². The van der Waals surface area contributed by atoms with Gasteiger partial charge in [0.15, 0.2) is 0 Å². The Kier molecular flexibility index (Phi) is 2.82. The van der Waals surface area contributed by atoms with E-state index in [-0.39, 0.29) is 11.4 Å². The minimum absolute atomic E-state index is 0.0888. The van der Waals surface area contributed by atoms with Gasteiger partial charge >= 0.3 is 5.69 Å². The van der Waals surface area contributed by atoms with Gasteiger partial charge in [0.1, 0.15) is 5.69 Å². The van der Waals surface area contributed by atoms with Gasteiger partial charge in [-0.25, -0.2) is 4.79 Å². The first kappa shape index (κ1) is 10.9. The summed E-state index contributed by atoms with van der Waals surface area (Å²) in [5, 5.41) is 0. The summed E-state index contributed by atoms with van der Waals surface area (Å²) in [7, 11) is 2.06. The molecule has 0 spiro atoms. The molecule has 0 radical (unpaired) electrons. The molecule has 3 N–H and O–H groups in total. The van der Waals surface area contributed by atoms with Crippen molar-refractivity contribution in [3.8, 4) is 0 Å². The van der Waals surface area contributed by atoms with E-state index in [1.807, 2.05) is 0 Å². The molecule has 88 valence electrons. The lowest BCUT2D eigenvalue weighted by atomic mass is 10.1. The zero-order valence-corrected chi connectivity index (χ0v) is 9.27. The molecule has 1 atom stereocenters. The molecule has 1 aromatic rings. The number of nitrogen functional groups attached to an aromatic ring is 1. The van der Waals surface area contributed by atoms with E-state index < -0.39 is 5.56 Å². The zero-order valence-electron chi connectivity index (χ0n) is 9.27. The quantitative estimate of drug-likeness (QED) is 0.680. The lowest BCUT2D eigenvalue weighted by Crippen LogP contribution is -2.33. The van der Waals surface area contributed by atoms with Crippen molar-refractivity contribution >= 4 is 5.69 Å². The van der Waals surface area contributed by atoms with E-state index in [2.05, 4.69) is 16.9 Å². The largest absolute Gasteiger partial charge is 0.393 e. The Morgan fingerprint density at radius 2 is 2.31 bits per heavy atom. The first-order valence-electron chi connectivity index (χ1n) is 5.34. The summed E-state index contributed by atoms with van der Waals surface area (Å²) >= 11 is 0. The highest BCUT2D eigenvalue weighted by molar-refractivity contribution is 5.30. The number of aromatic amines is 1. The highest BCUT2D eigenvalue weighted by Gasteiger charge is 2.20. The van der Waals surface area contributed by atoms with Gasteiger partial charge in [0.05, 0.1) is 0 Å². The van der Waals surface area contributed by atoms with E-state index in [1.54, 1.807) is 0 Å². The molecular formula is C10H16N4O2. The summed E-state index contributed by atoms with van der Waals surface area (Å²) in [4.78, 5) is 27.0. The van der Waals surface area contributed by atoms with Crippen LogP contribution in [0.15, 0.2) is 15.8 Å².